The van der Waals surface area contributed by atoms with Crippen molar-refractivity contribution in [1.29, 1.82) is 0 Å². The first-order chi connectivity index (χ1) is 6.75. The van der Waals surface area contributed by atoms with Gasteiger partial charge in [-0.25, -0.2) is 0 Å². The minimum Gasteiger partial charge on any atom is -0.324 e. The SMILES string of the molecule is NC(CCC1CC1)c1cccc(Cl)c1. The predicted octanol–water partition coefficient (Wildman–Crippen LogP) is 3.53. The third-order valence-corrected chi connectivity index (χ3v) is 3.09. The molecule has 1 fully saturated rings. The second-order valence-corrected chi connectivity index (χ2v) is 4.62. The molecule has 0 aliphatic heterocycles. The first kappa shape index (κ1) is 10.0. The van der Waals surface area contributed by atoms with Gasteiger partial charge in [-0.1, -0.05) is 36.6 Å². The normalized spacial score (nSPS) is 18.1. The molecular formula is C12H16ClN. The maximum Gasteiger partial charge on any atom is 0.0409 e. The topological polar surface area (TPSA) is 26.0 Å². The summed E-state index contributed by atoms with van der Waals surface area (Å²) < 4.78 is 0. The average Bonchev–Trinajstić information content (AvgIpc) is 2.97. The number of halogens is 1. The van der Waals surface area contributed by atoms with Crippen LogP contribution in [0.2, 0.25) is 5.02 Å². The maximum absolute atomic E-state index is 6.08. The Morgan fingerprint density at radius 3 is 2.86 bits per heavy atom. The van der Waals surface area contributed by atoms with E-state index < -0.39 is 0 Å². The van der Waals surface area contributed by atoms with Crippen LogP contribution in [0, 0.1) is 5.92 Å². The standard InChI is InChI=1S/C12H16ClN/c13-11-3-1-2-10(8-11)12(14)7-6-9-4-5-9/h1-3,8-9,12H,4-7,14H2. The van der Waals surface area contributed by atoms with Gasteiger partial charge in [0.1, 0.15) is 0 Å². The largest absolute Gasteiger partial charge is 0.324 e. The van der Waals surface area contributed by atoms with E-state index in [-0.39, 0.29) is 6.04 Å². The molecule has 1 aliphatic rings. The molecule has 76 valence electrons. The molecule has 2 N–H and O–H groups in total. The van der Waals surface area contributed by atoms with E-state index in [4.69, 9.17) is 17.3 Å². The zero-order valence-corrected chi connectivity index (χ0v) is 9.00. The zero-order valence-electron chi connectivity index (χ0n) is 8.25. The molecular weight excluding hydrogens is 194 g/mol. The lowest BCUT2D eigenvalue weighted by Gasteiger charge is -2.11. The molecule has 0 heterocycles. The molecule has 0 saturated heterocycles. The van der Waals surface area contributed by atoms with Crippen LogP contribution in [0.4, 0.5) is 0 Å². The highest BCUT2D eigenvalue weighted by molar-refractivity contribution is 6.30. The lowest BCUT2D eigenvalue weighted by atomic mass is 10.0. The summed E-state index contributed by atoms with van der Waals surface area (Å²) in [7, 11) is 0. The lowest BCUT2D eigenvalue weighted by Crippen LogP contribution is -2.10. The lowest BCUT2D eigenvalue weighted by molar-refractivity contribution is 0.575. The molecule has 1 unspecified atom stereocenters. The molecule has 0 spiro atoms. The predicted molar refractivity (Wildman–Crippen MR) is 60.3 cm³/mol. The molecule has 2 rings (SSSR count). The van der Waals surface area contributed by atoms with Crippen molar-refractivity contribution in [2.24, 2.45) is 11.7 Å². The second-order valence-electron chi connectivity index (χ2n) is 4.18. The van der Waals surface area contributed by atoms with Gasteiger partial charge >= 0.3 is 0 Å². The molecule has 1 saturated carbocycles. The molecule has 1 aromatic rings. The Bertz CT molecular complexity index is 307. The van der Waals surface area contributed by atoms with Crippen molar-refractivity contribution in [2.75, 3.05) is 0 Å². The van der Waals surface area contributed by atoms with Crippen molar-refractivity contribution >= 4 is 11.6 Å². The maximum atomic E-state index is 6.08. The van der Waals surface area contributed by atoms with Crippen LogP contribution < -0.4 is 5.73 Å². The highest BCUT2D eigenvalue weighted by Gasteiger charge is 2.21. The van der Waals surface area contributed by atoms with Gasteiger partial charge in [0.25, 0.3) is 0 Å². The molecule has 1 atom stereocenters. The third kappa shape index (κ3) is 2.73. The van der Waals surface area contributed by atoms with E-state index in [1.807, 2.05) is 18.2 Å². The van der Waals surface area contributed by atoms with Crippen molar-refractivity contribution in [2.45, 2.75) is 31.7 Å². The molecule has 0 radical (unpaired) electrons. The summed E-state index contributed by atoms with van der Waals surface area (Å²) >= 11 is 5.91. The summed E-state index contributed by atoms with van der Waals surface area (Å²) in [5.41, 5.74) is 7.25. The first-order valence-corrected chi connectivity index (χ1v) is 5.64. The molecule has 1 aliphatic carbocycles. The Morgan fingerprint density at radius 1 is 1.43 bits per heavy atom. The van der Waals surface area contributed by atoms with Crippen molar-refractivity contribution in [3.05, 3.63) is 34.9 Å². The monoisotopic (exact) mass is 209 g/mol. The highest BCUT2D eigenvalue weighted by Crippen LogP contribution is 2.35. The first-order valence-electron chi connectivity index (χ1n) is 5.27. The minimum atomic E-state index is 0.161. The Kier molecular flexibility index (Phi) is 3.09. The quantitative estimate of drug-likeness (QED) is 0.807. The van der Waals surface area contributed by atoms with E-state index in [2.05, 4.69) is 6.07 Å². The van der Waals surface area contributed by atoms with E-state index in [0.717, 1.165) is 22.9 Å². The summed E-state index contributed by atoms with van der Waals surface area (Å²) in [4.78, 5) is 0. The van der Waals surface area contributed by atoms with E-state index in [0.29, 0.717) is 0 Å². The molecule has 1 nitrogen and oxygen atoms in total. The van der Waals surface area contributed by atoms with Gasteiger partial charge in [-0.3, -0.25) is 0 Å². The highest BCUT2D eigenvalue weighted by atomic mass is 35.5. The molecule has 1 aromatic carbocycles. The molecule has 14 heavy (non-hydrogen) atoms. The number of hydrogen-bond donors (Lipinski definition) is 1. The van der Waals surface area contributed by atoms with Gasteiger partial charge in [-0.05, 0) is 36.5 Å². The Morgan fingerprint density at radius 2 is 2.21 bits per heavy atom. The Balaban J connectivity index is 1.91. The zero-order chi connectivity index (χ0) is 9.97. The van der Waals surface area contributed by atoms with Crippen LogP contribution in [0.5, 0.6) is 0 Å². The summed E-state index contributed by atoms with van der Waals surface area (Å²) in [5.74, 6) is 0.959. The number of nitrogens with two attached hydrogens (primary N) is 1. The summed E-state index contributed by atoms with van der Waals surface area (Å²) in [5, 5.41) is 0.782. The Hall–Kier alpha value is -0.530. The van der Waals surface area contributed by atoms with E-state index in [1.54, 1.807) is 0 Å². The van der Waals surface area contributed by atoms with Crippen LogP contribution in [0.3, 0.4) is 0 Å². The summed E-state index contributed by atoms with van der Waals surface area (Å²) in [6, 6.07) is 8.05. The van der Waals surface area contributed by atoms with Crippen LogP contribution in [-0.4, -0.2) is 0 Å². The van der Waals surface area contributed by atoms with Gasteiger partial charge in [0.05, 0.1) is 0 Å². The summed E-state index contributed by atoms with van der Waals surface area (Å²) in [6.45, 7) is 0. The van der Waals surface area contributed by atoms with E-state index >= 15 is 0 Å². The summed E-state index contributed by atoms with van der Waals surface area (Å²) in [6.07, 6.45) is 5.17. The van der Waals surface area contributed by atoms with Gasteiger partial charge < -0.3 is 5.73 Å². The van der Waals surface area contributed by atoms with Crippen molar-refractivity contribution < 1.29 is 0 Å². The molecule has 0 aromatic heterocycles. The number of benzene rings is 1. The van der Waals surface area contributed by atoms with Gasteiger partial charge in [0.2, 0.25) is 0 Å². The molecule has 2 heteroatoms. The fourth-order valence-corrected chi connectivity index (χ4v) is 1.92. The van der Waals surface area contributed by atoms with Crippen LogP contribution in [0.1, 0.15) is 37.3 Å². The second kappa shape index (κ2) is 4.33. The van der Waals surface area contributed by atoms with Crippen LogP contribution in [0.25, 0.3) is 0 Å². The minimum absolute atomic E-state index is 0.161. The van der Waals surface area contributed by atoms with Crippen molar-refractivity contribution in [1.82, 2.24) is 0 Å². The fraction of sp³-hybridized carbons (Fsp3) is 0.500. The smallest absolute Gasteiger partial charge is 0.0409 e. The van der Waals surface area contributed by atoms with Crippen molar-refractivity contribution in [3.63, 3.8) is 0 Å². The Labute approximate surface area is 90.3 Å². The van der Waals surface area contributed by atoms with E-state index in [1.165, 1.54) is 19.3 Å². The molecule has 0 bridgehead atoms. The van der Waals surface area contributed by atoms with Crippen molar-refractivity contribution in [3.8, 4) is 0 Å². The average molecular weight is 210 g/mol. The van der Waals surface area contributed by atoms with Crippen LogP contribution in [0.15, 0.2) is 24.3 Å². The van der Waals surface area contributed by atoms with Gasteiger partial charge in [-0.15, -0.1) is 0 Å². The van der Waals surface area contributed by atoms with Gasteiger partial charge in [0, 0.05) is 11.1 Å². The van der Waals surface area contributed by atoms with Crippen LogP contribution in [-0.2, 0) is 0 Å². The van der Waals surface area contributed by atoms with Gasteiger partial charge in [-0.2, -0.15) is 0 Å². The number of rotatable bonds is 4. The van der Waals surface area contributed by atoms with E-state index in [9.17, 15) is 0 Å². The number of hydrogen-bond acceptors (Lipinski definition) is 1. The van der Waals surface area contributed by atoms with Gasteiger partial charge in [0.15, 0.2) is 0 Å². The molecule has 0 amide bonds. The fourth-order valence-electron chi connectivity index (χ4n) is 1.73. The third-order valence-electron chi connectivity index (χ3n) is 2.86. The van der Waals surface area contributed by atoms with Crippen LogP contribution >= 0.6 is 11.6 Å².